The Kier molecular flexibility index (Phi) is 6.06. The molecule has 1 aliphatic rings. The highest BCUT2D eigenvalue weighted by molar-refractivity contribution is 7.92. The number of aliphatic imine (C=N–C) groups is 1. The third-order valence-corrected chi connectivity index (χ3v) is 7.60. The highest BCUT2D eigenvalue weighted by atomic mass is 32.2. The predicted octanol–water partition coefficient (Wildman–Crippen LogP) is 2.61. The molecule has 0 spiro atoms. The average Bonchev–Trinajstić information content (AvgIpc) is 2.54. The third-order valence-electron chi connectivity index (χ3n) is 5.07. The molecule has 5 nitrogen and oxygen atoms in total. The molecule has 26 heavy (non-hydrogen) atoms. The van der Waals surface area contributed by atoms with Crippen molar-refractivity contribution in [1.82, 2.24) is 10.2 Å². The number of rotatable bonds is 3. The lowest BCUT2D eigenvalue weighted by molar-refractivity contribution is 0.353. The summed E-state index contributed by atoms with van der Waals surface area (Å²) in [5.74, 6) is 0.953. The van der Waals surface area contributed by atoms with E-state index in [9.17, 15) is 8.42 Å². The number of hydrogen-bond acceptors (Lipinski definition) is 3. The maximum Gasteiger partial charge on any atom is 0.193 e. The molecule has 0 bridgehead atoms. The van der Waals surface area contributed by atoms with Crippen LogP contribution in [-0.4, -0.2) is 56.5 Å². The monoisotopic (exact) mass is 379 g/mol. The summed E-state index contributed by atoms with van der Waals surface area (Å²) in [6.07, 6.45) is 0.902. The SMILES string of the molecule is CN=C(NCCc1ccc(C(C)(C)C)cc1)N1CCS(=O)(=O)C(C)(C)C1. The number of nitrogens with one attached hydrogen (secondary N) is 1. The van der Waals surface area contributed by atoms with Crippen LogP contribution >= 0.6 is 0 Å². The van der Waals surface area contributed by atoms with E-state index < -0.39 is 14.6 Å². The van der Waals surface area contributed by atoms with Gasteiger partial charge in [0.25, 0.3) is 0 Å². The lowest BCUT2D eigenvalue weighted by atomic mass is 9.86. The zero-order valence-electron chi connectivity index (χ0n) is 17.0. The van der Waals surface area contributed by atoms with Crippen LogP contribution in [0.3, 0.4) is 0 Å². The predicted molar refractivity (Wildman–Crippen MR) is 110 cm³/mol. The molecular formula is C20H33N3O2S. The fourth-order valence-corrected chi connectivity index (χ4v) is 4.51. The van der Waals surface area contributed by atoms with E-state index in [4.69, 9.17) is 0 Å². The number of sulfone groups is 1. The van der Waals surface area contributed by atoms with Gasteiger partial charge in [-0.2, -0.15) is 0 Å². The van der Waals surface area contributed by atoms with Crippen molar-refractivity contribution >= 4 is 15.8 Å². The van der Waals surface area contributed by atoms with Gasteiger partial charge in [-0.1, -0.05) is 45.0 Å². The number of hydrogen-bond donors (Lipinski definition) is 1. The van der Waals surface area contributed by atoms with E-state index in [-0.39, 0.29) is 11.2 Å². The summed E-state index contributed by atoms with van der Waals surface area (Å²) in [6, 6.07) is 8.76. The average molecular weight is 380 g/mol. The summed E-state index contributed by atoms with van der Waals surface area (Å²) >= 11 is 0. The van der Waals surface area contributed by atoms with Crippen LogP contribution in [-0.2, 0) is 21.7 Å². The maximum absolute atomic E-state index is 12.2. The molecule has 1 aromatic rings. The first-order valence-corrected chi connectivity index (χ1v) is 10.9. The van der Waals surface area contributed by atoms with E-state index in [1.807, 2.05) is 4.90 Å². The van der Waals surface area contributed by atoms with E-state index in [2.05, 4.69) is 55.3 Å². The number of guanidine groups is 1. The van der Waals surface area contributed by atoms with E-state index >= 15 is 0 Å². The van der Waals surface area contributed by atoms with Gasteiger partial charge in [0.15, 0.2) is 15.8 Å². The Labute approximate surface area is 158 Å². The van der Waals surface area contributed by atoms with Gasteiger partial charge >= 0.3 is 0 Å². The molecule has 0 atom stereocenters. The number of nitrogens with zero attached hydrogens (tertiary/aromatic N) is 2. The Hall–Kier alpha value is -1.56. The second-order valence-corrected chi connectivity index (χ2v) is 11.4. The fourth-order valence-electron chi connectivity index (χ4n) is 3.15. The van der Waals surface area contributed by atoms with Gasteiger partial charge in [0.1, 0.15) is 0 Å². The van der Waals surface area contributed by atoms with E-state index in [0.717, 1.165) is 18.9 Å². The first-order chi connectivity index (χ1) is 12.0. The van der Waals surface area contributed by atoms with Crippen molar-refractivity contribution in [2.24, 2.45) is 4.99 Å². The van der Waals surface area contributed by atoms with Crippen molar-refractivity contribution < 1.29 is 8.42 Å². The molecule has 0 radical (unpaired) electrons. The molecule has 0 amide bonds. The minimum Gasteiger partial charge on any atom is -0.356 e. The zero-order chi connectivity index (χ0) is 19.6. The third kappa shape index (κ3) is 4.78. The van der Waals surface area contributed by atoms with Crippen LogP contribution in [0.5, 0.6) is 0 Å². The second-order valence-electron chi connectivity index (χ2n) is 8.67. The molecule has 1 aliphatic heterocycles. The van der Waals surface area contributed by atoms with Gasteiger partial charge in [-0.25, -0.2) is 8.42 Å². The molecule has 0 aliphatic carbocycles. The molecule has 0 aromatic heterocycles. The minimum absolute atomic E-state index is 0.167. The standard InChI is InChI=1S/C20H33N3O2S/c1-19(2,3)17-9-7-16(8-10-17)11-12-22-18(21-6)23-13-14-26(24,25)20(4,5)15-23/h7-10H,11-15H2,1-6H3,(H,21,22). The van der Waals surface area contributed by atoms with Crippen molar-refractivity contribution in [3.63, 3.8) is 0 Å². The molecule has 146 valence electrons. The minimum atomic E-state index is -3.04. The van der Waals surface area contributed by atoms with E-state index in [1.165, 1.54) is 11.1 Å². The summed E-state index contributed by atoms with van der Waals surface area (Å²) in [5, 5.41) is 3.38. The van der Waals surface area contributed by atoms with Gasteiger partial charge in [-0.3, -0.25) is 4.99 Å². The van der Waals surface area contributed by atoms with Crippen molar-refractivity contribution in [1.29, 1.82) is 0 Å². The van der Waals surface area contributed by atoms with Crippen molar-refractivity contribution in [3.05, 3.63) is 35.4 Å². The topological polar surface area (TPSA) is 61.8 Å². The van der Waals surface area contributed by atoms with Crippen LogP contribution in [0, 0.1) is 0 Å². The summed E-state index contributed by atoms with van der Waals surface area (Å²) in [7, 11) is -1.29. The van der Waals surface area contributed by atoms with E-state index in [0.29, 0.717) is 13.1 Å². The van der Waals surface area contributed by atoms with Gasteiger partial charge < -0.3 is 10.2 Å². The van der Waals surface area contributed by atoms with Gasteiger partial charge in [0.2, 0.25) is 0 Å². The lowest BCUT2D eigenvalue weighted by Gasteiger charge is -2.39. The lowest BCUT2D eigenvalue weighted by Crippen LogP contribution is -2.57. The maximum atomic E-state index is 12.2. The Balaban J connectivity index is 1.92. The smallest absolute Gasteiger partial charge is 0.193 e. The molecular weight excluding hydrogens is 346 g/mol. The Morgan fingerprint density at radius 1 is 1.23 bits per heavy atom. The number of benzene rings is 1. The van der Waals surface area contributed by atoms with Crippen molar-refractivity contribution in [2.45, 2.75) is 51.2 Å². The first-order valence-electron chi connectivity index (χ1n) is 9.24. The van der Waals surface area contributed by atoms with Crippen molar-refractivity contribution in [2.75, 3.05) is 32.4 Å². The van der Waals surface area contributed by atoms with Gasteiger partial charge in [-0.15, -0.1) is 0 Å². The zero-order valence-corrected chi connectivity index (χ0v) is 17.8. The molecule has 1 aromatic carbocycles. The first kappa shape index (κ1) is 20.7. The normalized spacial score (nSPS) is 20.1. The molecule has 0 unspecified atom stereocenters. The van der Waals surface area contributed by atoms with Gasteiger partial charge in [0.05, 0.1) is 10.5 Å². The molecule has 0 saturated carbocycles. The molecule has 6 heteroatoms. The van der Waals surface area contributed by atoms with E-state index in [1.54, 1.807) is 20.9 Å². The second kappa shape index (κ2) is 7.59. The molecule has 1 heterocycles. The Bertz CT molecular complexity index is 744. The van der Waals surface area contributed by atoms with Gasteiger partial charge in [-0.05, 0) is 36.8 Å². The van der Waals surface area contributed by atoms with Crippen LogP contribution in [0.1, 0.15) is 45.7 Å². The summed E-state index contributed by atoms with van der Waals surface area (Å²) in [4.78, 5) is 6.38. The summed E-state index contributed by atoms with van der Waals surface area (Å²) < 4.78 is 23.6. The fraction of sp³-hybridized carbons (Fsp3) is 0.650. The van der Waals surface area contributed by atoms with Crippen molar-refractivity contribution in [3.8, 4) is 0 Å². The van der Waals surface area contributed by atoms with Gasteiger partial charge in [0, 0.05) is 26.7 Å². The molecule has 2 rings (SSSR count). The quantitative estimate of drug-likeness (QED) is 0.648. The Morgan fingerprint density at radius 3 is 2.35 bits per heavy atom. The summed E-state index contributed by atoms with van der Waals surface area (Å²) in [5.41, 5.74) is 2.78. The van der Waals surface area contributed by atoms with Crippen LogP contribution in [0.15, 0.2) is 29.3 Å². The summed E-state index contributed by atoms with van der Waals surface area (Å²) in [6.45, 7) is 12.0. The Morgan fingerprint density at radius 2 is 1.85 bits per heavy atom. The van der Waals surface area contributed by atoms with Crippen LogP contribution in [0.25, 0.3) is 0 Å². The molecule has 1 saturated heterocycles. The van der Waals surface area contributed by atoms with Crippen LogP contribution in [0.4, 0.5) is 0 Å². The highest BCUT2D eigenvalue weighted by Gasteiger charge is 2.40. The largest absolute Gasteiger partial charge is 0.356 e. The molecule has 1 fully saturated rings. The highest BCUT2D eigenvalue weighted by Crippen LogP contribution is 2.24. The molecule has 1 N–H and O–H groups in total. The van der Waals surface area contributed by atoms with Crippen LogP contribution in [0.2, 0.25) is 0 Å². The van der Waals surface area contributed by atoms with Crippen LogP contribution < -0.4 is 5.32 Å².